The van der Waals surface area contributed by atoms with Gasteiger partial charge in [-0.2, -0.15) is 0 Å². The molecule has 1 amide bonds. The number of piperazine rings is 1. The molecule has 0 saturated carbocycles. The van der Waals surface area contributed by atoms with Crippen LogP contribution in [-0.4, -0.2) is 48.2 Å². The largest absolute Gasteiger partial charge is 0.396 e. The van der Waals surface area contributed by atoms with Gasteiger partial charge in [-0.05, 0) is 44.4 Å². The van der Waals surface area contributed by atoms with Crippen LogP contribution in [-0.2, 0) is 4.79 Å². The zero-order chi connectivity index (χ0) is 15.5. The van der Waals surface area contributed by atoms with Gasteiger partial charge in [0, 0.05) is 26.2 Å². The minimum atomic E-state index is -0.156. The lowest BCUT2D eigenvalue weighted by molar-refractivity contribution is -0.129. The van der Waals surface area contributed by atoms with E-state index in [1.807, 2.05) is 0 Å². The quantitative estimate of drug-likeness (QED) is 0.763. The maximum atomic E-state index is 12.0. The minimum Gasteiger partial charge on any atom is -0.396 e. The van der Waals surface area contributed by atoms with E-state index >= 15 is 0 Å². The SMILES string of the molecule is CC1=C(CCN2CCNC(=O)[C@H]2CCO)C(C)(C)CCC1. The molecule has 0 aromatic rings. The van der Waals surface area contributed by atoms with E-state index in [2.05, 4.69) is 31.0 Å². The number of nitrogens with zero attached hydrogens (tertiary/aromatic N) is 1. The second kappa shape index (κ2) is 6.93. The Balaban J connectivity index is 2.02. The number of rotatable bonds is 5. The normalized spacial score (nSPS) is 26.9. The molecule has 1 saturated heterocycles. The molecule has 1 aliphatic carbocycles. The van der Waals surface area contributed by atoms with Crippen molar-refractivity contribution in [2.24, 2.45) is 5.41 Å². The second-order valence-electron chi connectivity index (χ2n) is 7.10. The van der Waals surface area contributed by atoms with Crippen molar-refractivity contribution in [3.63, 3.8) is 0 Å². The summed E-state index contributed by atoms with van der Waals surface area (Å²) in [5, 5.41) is 12.1. The van der Waals surface area contributed by atoms with Crippen molar-refractivity contribution in [2.75, 3.05) is 26.2 Å². The van der Waals surface area contributed by atoms with Gasteiger partial charge in [-0.15, -0.1) is 0 Å². The van der Waals surface area contributed by atoms with Crippen molar-refractivity contribution in [3.05, 3.63) is 11.1 Å². The van der Waals surface area contributed by atoms with Gasteiger partial charge in [-0.25, -0.2) is 0 Å². The van der Waals surface area contributed by atoms with Gasteiger partial charge in [0.2, 0.25) is 5.91 Å². The van der Waals surface area contributed by atoms with Gasteiger partial charge in [-0.3, -0.25) is 9.69 Å². The highest BCUT2D eigenvalue weighted by atomic mass is 16.3. The lowest BCUT2D eigenvalue weighted by atomic mass is 9.71. The van der Waals surface area contributed by atoms with Crippen molar-refractivity contribution >= 4 is 5.91 Å². The molecule has 0 bridgehead atoms. The van der Waals surface area contributed by atoms with Crippen LogP contribution >= 0.6 is 0 Å². The van der Waals surface area contributed by atoms with Gasteiger partial charge in [0.05, 0.1) is 6.04 Å². The zero-order valence-electron chi connectivity index (χ0n) is 13.7. The Morgan fingerprint density at radius 2 is 2.19 bits per heavy atom. The zero-order valence-corrected chi connectivity index (χ0v) is 13.7. The fraction of sp³-hybridized carbons (Fsp3) is 0.824. The van der Waals surface area contributed by atoms with E-state index in [4.69, 9.17) is 0 Å². The van der Waals surface area contributed by atoms with Crippen molar-refractivity contribution in [2.45, 2.75) is 58.9 Å². The first kappa shape index (κ1) is 16.5. The summed E-state index contributed by atoms with van der Waals surface area (Å²) in [4.78, 5) is 14.2. The monoisotopic (exact) mass is 294 g/mol. The molecule has 2 N–H and O–H groups in total. The van der Waals surface area contributed by atoms with E-state index in [0.29, 0.717) is 11.8 Å². The lowest BCUT2D eigenvalue weighted by Gasteiger charge is -2.38. The van der Waals surface area contributed by atoms with Gasteiger partial charge in [0.1, 0.15) is 0 Å². The number of nitrogens with one attached hydrogen (secondary N) is 1. The summed E-state index contributed by atoms with van der Waals surface area (Å²) in [6, 6.07) is -0.156. The number of amides is 1. The van der Waals surface area contributed by atoms with E-state index in [1.54, 1.807) is 11.1 Å². The molecular formula is C17H30N2O2. The summed E-state index contributed by atoms with van der Waals surface area (Å²) in [5.74, 6) is 0.0731. The number of aliphatic hydroxyl groups is 1. The molecule has 4 nitrogen and oxygen atoms in total. The average Bonchev–Trinajstić information content (AvgIpc) is 2.41. The third-order valence-corrected chi connectivity index (χ3v) is 5.18. The predicted octanol–water partition coefficient (Wildman–Crippen LogP) is 2.09. The first-order valence-electron chi connectivity index (χ1n) is 8.27. The molecule has 0 aromatic heterocycles. The highest BCUT2D eigenvalue weighted by Gasteiger charge is 2.32. The Hall–Kier alpha value is -0.870. The summed E-state index contributed by atoms with van der Waals surface area (Å²) in [6.45, 7) is 9.57. The van der Waals surface area contributed by atoms with Crippen LogP contribution in [0.25, 0.3) is 0 Å². The molecule has 0 radical (unpaired) electrons. The highest BCUT2D eigenvalue weighted by Crippen LogP contribution is 2.41. The van der Waals surface area contributed by atoms with Gasteiger partial charge in [-0.1, -0.05) is 25.0 Å². The third kappa shape index (κ3) is 3.86. The molecule has 120 valence electrons. The summed E-state index contributed by atoms with van der Waals surface area (Å²) in [6.07, 6.45) is 5.36. The maximum absolute atomic E-state index is 12.0. The van der Waals surface area contributed by atoms with Crippen LogP contribution in [0.2, 0.25) is 0 Å². The summed E-state index contributed by atoms with van der Waals surface area (Å²) in [7, 11) is 0. The van der Waals surface area contributed by atoms with Gasteiger partial charge in [0.25, 0.3) is 0 Å². The number of allylic oxidation sites excluding steroid dienone is 1. The van der Waals surface area contributed by atoms with E-state index in [-0.39, 0.29) is 18.6 Å². The van der Waals surface area contributed by atoms with Crippen LogP contribution in [0, 0.1) is 5.41 Å². The summed E-state index contributed by atoms with van der Waals surface area (Å²) < 4.78 is 0. The van der Waals surface area contributed by atoms with Gasteiger partial charge >= 0.3 is 0 Å². The highest BCUT2D eigenvalue weighted by molar-refractivity contribution is 5.82. The van der Waals surface area contributed by atoms with Crippen LogP contribution < -0.4 is 5.32 Å². The fourth-order valence-electron chi connectivity index (χ4n) is 3.95. The smallest absolute Gasteiger partial charge is 0.237 e. The molecule has 1 atom stereocenters. The molecule has 2 rings (SSSR count). The van der Waals surface area contributed by atoms with E-state index in [0.717, 1.165) is 26.1 Å². The van der Waals surface area contributed by atoms with E-state index < -0.39 is 0 Å². The predicted molar refractivity (Wildman–Crippen MR) is 85.0 cm³/mol. The lowest BCUT2D eigenvalue weighted by Crippen LogP contribution is -2.55. The number of aliphatic hydroxyl groups excluding tert-OH is 1. The molecule has 2 aliphatic rings. The standard InChI is InChI=1S/C17H30N2O2/c1-13-5-4-8-17(2,3)14(13)6-10-19-11-9-18-16(21)15(19)7-12-20/h15,20H,4-12H2,1-3H3,(H,18,21)/t15-/m1/s1. The van der Waals surface area contributed by atoms with Crippen LogP contribution in [0.3, 0.4) is 0 Å². The number of carbonyl (C=O) groups is 1. The molecule has 1 aliphatic heterocycles. The Kier molecular flexibility index (Phi) is 5.44. The molecule has 0 spiro atoms. The van der Waals surface area contributed by atoms with Gasteiger partial charge in [0.15, 0.2) is 0 Å². The Morgan fingerprint density at radius 3 is 2.86 bits per heavy atom. The van der Waals surface area contributed by atoms with Crippen LogP contribution in [0.5, 0.6) is 0 Å². The molecule has 0 aromatic carbocycles. The first-order valence-corrected chi connectivity index (χ1v) is 8.27. The molecule has 0 unspecified atom stereocenters. The van der Waals surface area contributed by atoms with Crippen molar-refractivity contribution in [1.29, 1.82) is 0 Å². The molecule has 21 heavy (non-hydrogen) atoms. The Labute approximate surface area is 128 Å². The van der Waals surface area contributed by atoms with Crippen molar-refractivity contribution < 1.29 is 9.90 Å². The molecule has 4 heteroatoms. The Bertz CT molecular complexity index is 415. The first-order chi connectivity index (χ1) is 9.95. The number of hydrogen-bond donors (Lipinski definition) is 2. The van der Waals surface area contributed by atoms with Gasteiger partial charge < -0.3 is 10.4 Å². The topological polar surface area (TPSA) is 52.6 Å². The number of hydrogen-bond acceptors (Lipinski definition) is 3. The van der Waals surface area contributed by atoms with Crippen molar-refractivity contribution in [1.82, 2.24) is 10.2 Å². The van der Waals surface area contributed by atoms with Crippen LogP contribution in [0.15, 0.2) is 11.1 Å². The van der Waals surface area contributed by atoms with Crippen molar-refractivity contribution in [3.8, 4) is 0 Å². The van der Waals surface area contributed by atoms with E-state index in [9.17, 15) is 9.90 Å². The fourth-order valence-corrected chi connectivity index (χ4v) is 3.95. The molecule has 1 fully saturated rings. The van der Waals surface area contributed by atoms with Crippen LogP contribution in [0.4, 0.5) is 0 Å². The summed E-state index contributed by atoms with van der Waals surface area (Å²) in [5.41, 5.74) is 3.43. The minimum absolute atomic E-state index is 0.0712. The maximum Gasteiger partial charge on any atom is 0.237 e. The third-order valence-electron chi connectivity index (χ3n) is 5.18. The molecule has 1 heterocycles. The average molecular weight is 294 g/mol. The summed E-state index contributed by atoms with van der Waals surface area (Å²) >= 11 is 0. The number of carbonyl (C=O) groups excluding carboxylic acids is 1. The Morgan fingerprint density at radius 1 is 1.43 bits per heavy atom. The van der Waals surface area contributed by atoms with E-state index in [1.165, 1.54) is 19.3 Å². The second-order valence-corrected chi connectivity index (χ2v) is 7.10. The van der Waals surface area contributed by atoms with Crippen LogP contribution in [0.1, 0.15) is 52.9 Å². The molecular weight excluding hydrogens is 264 g/mol.